The predicted molar refractivity (Wildman–Crippen MR) is 114 cm³/mol. The first-order valence-corrected chi connectivity index (χ1v) is 12.2. The molecule has 0 bridgehead atoms. The number of benzene rings is 3. The van der Waals surface area contributed by atoms with Crippen molar-refractivity contribution in [1.82, 2.24) is 0 Å². The van der Waals surface area contributed by atoms with E-state index in [0.29, 0.717) is 15.1 Å². The van der Waals surface area contributed by atoms with Gasteiger partial charge in [-0.1, -0.05) is 0 Å². The Balaban J connectivity index is 1.76. The summed E-state index contributed by atoms with van der Waals surface area (Å²) in [5.41, 5.74) is 0.410. The number of rotatable bonds is 4. The highest BCUT2D eigenvalue weighted by molar-refractivity contribution is 14.1. The molecule has 0 atom stereocenters. The molecule has 0 heterocycles. The summed E-state index contributed by atoms with van der Waals surface area (Å²) in [5.74, 6) is 1.55. The van der Waals surface area contributed by atoms with Crippen LogP contribution in [-0.4, -0.2) is 5.11 Å². The van der Waals surface area contributed by atoms with E-state index in [0.717, 1.165) is 28.4 Å². The van der Waals surface area contributed by atoms with Gasteiger partial charge < -0.3 is 9.84 Å². The van der Waals surface area contributed by atoms with Crippen LogP contribution in [0.5, 0.6) is 17.2 Å². The second-order valence-corrected chi connectivity index (χ2v) is 11.1. The fourth-order valence-corrected chi connectivity index (χ4v) is 5.66. The Morgan fingerprint density at radius 1 is 0.929 bits per heavy atom. The van der Waals surface area contributed by atoms with Crippen LogP contribution < -0.4 is 25.9 Å². The first kappa shape index (κ1) is 21.9. The van der Waals surface area contributed by atoms with Crippen molar-refractivity contribution in [2.75, 3.05) is 0 Å². The number of ether oxygens (including phenoxy) is 1. The first-order chi connectivity index (χ1) is 13.1. The van der Waals surface area contributed by atoms with E-state index in [1.165, 1.54) is 0 Å². The van der Waals surface area contributed by atoms with Gasteiger partial charge in [0.15, 0.2) is 7.14 Å². The van der Waals surface area contributed by atoms with Crippen LogP contribution in [0.4, 0.5) is 13.2 Å². The van der Waals surface area contributed by atoms with Crippen LogP contribution in [0.1, 0.15) is 11.1 Å². The fourth-order valence-electron chi connectivity index (χ4n) is 2.33. The smallest absolute Gasteiger partial charge is 0.416 e. The lowest BCUT2D eigenvalue weighted by Crippen LogP contribution is -3.61. The number of alkyl halides is 3. The van der Waals surface area contributed by atoms with E-state index in [9.17, 15) is 18.3 Å². The molecule has 1 N–H and O–H groups in total. The van der Waals surface area contributed by atoms with E-state index in [-0.39, 0.29) is 5.75 Å². The Hall–Kier alpha value is -0.760. The molecular weight excluding hydrogens is 710 g/mol. The van der Waals surface area contributed by atoms with Crippen molar-refractivity contribution in [3.05, 3.63) is 80.0 Å². The Morgan fingerprint density at radius 2 is 1.61 bits per heavy atom. The van der Waals surface area contributed by atoms with Crippen molar-refractivity contribution >= 4 is 45.2 Å². The van der Waals surface area contributed by atoms with Gasteiger partial charge >= 0.3 is 27.4 Å². The van der Waals surface area contributed by atoms with E-state index in [1.54, 1.807) is 24.3 Å². The zero-order chi connectivity index (χ0) is 20.5. The van der Waals surface area contributed by atoms with Crippen LogP contribution in [0, 0.1) is 21.2 Å². The number of phenolic OH excluding ortho intramolecular Hbond substituents is 1. The van der Waals surface area contributed by atoms with Crippen molar-refractivity contribution in [2.45, 2.75) is 13.1 Å². The molecular formula is C20H13F3I3O2+. The normalized spacial score (nSPS) is 11.5. The number of hydrogen-bond acceptors (Lipinski definition) is 2. The second-order valence-electron chi connectivity index (χ2n) is 5.85. The molecule has 28 heavy (non-hydrogen) atoms. The van der Waals surface area contributed by atoms with Crippen molar-refractivity contribution in [1.29, 1.82) is 0 Å². The Labute approximate surface area is 198 Å². The van der Waals surface area contributed by atoms with Gasteiger partial charge in [-0.05, 0) is 107 Å². The number of phenols is 1. The second kappa shape index (κ2) is 8.94. The highest BCUT2D eigenvalue weighted by Gasteiger charge is 2.31. The highest BCUT2D eigenvalue weighted by Crippen LogP contribution is 2.33. The van der Waals surface area contributed by atoms with Gasteiger partial charge in [0.05, 0.1) is 12.7 Å². The monoisotopic (exact) mass is 723 g/mol. The lowest BCUT2D eigenvalue weighted by Gasteiger charge is -2.10. The summed E-state index contributed by atoms with van der Waals surface area (Å²) in [4.78, 5) is 0. The van der Waals surface area contributed by atoms with Crippen LogP contribution in [0.15, 0.2) is 54.6 Å². The largest absolute Gasteiger partial charge is 0.507 e. The van der Waals surface area contributed by atoms with Crippen molar-refractivity contribution in [3.63, 3.8) is 0 Å². The quantitative estimate of drug-likeness (QED) is 0.415. The molecule has 146 valence electrons. The van der Waals surface area contributed by atoms with Gasteiger partial charge in [0.25, 0.3) is 0 Å². The van der Waals surface area contributed by atoms with Gasteiger partial charge in [-0.25, -0.2) is 0 Å². The van der Waals surface area contributed by atoms with Gasteiger partial charge in [-0.3, -0.25) is 0 Å². The Morgan fingerprint density at radius 3 is 2.21 bits per heavy atom. The molecule has 0 aliphatic rings. The molecule has 0 amide bonds. The number of halogens is 6. The maximum Gasteiger partial charge on any atom is 0.416 e. The fraction of sp³-hybridized carbons (Fsp3) is 0.100. The third-order valence-electron chi connectivity index (χ3n) is 3.74. The van der Waals surface area contributed by atoms with Crippen LogP contribution >= 0.6 is 45.2 Å². The zero-order valence-electron chi connectivity index (χ0n) is 14.3. The molecule has 0 saturated carbocycles. The van der Waals surface area contributed by atoms with Gasteiger partial charge in [0.1, 0.15) is 17.2 Å². The molecule has 0 aromatic heterocycles. The Kier molecular flexibility index (Phi) is 7.00. The highest BCUT2D eigenvalue weighted by atomic mass is 127. The lowest BCUT2D eigenvalue weighted by atomic mass is 10.2. The van der Waals surface area contributed by atoms with Gasteiger partial charge in [0, 0.05) is 5.56 Å². The minimum Gasteiger partial charge on any atom is -0.507 e. The van der Waals surface area contributed by atoms with E-state index in [2.05, 4.69) is 22.6 Å². The molecule has 0 fully saturated rings. The molecule has 0 spiro atoms. The van der Waals surface area contributed by atoms with Gasteiger partial charge in [0.2, 0.25) is 0 Å². The van der Waals surface area contributed by atoms with Crippen molar-refractivity contribution < 1.29 is 44.2 Å². The average Bonchev–Trinajstić information content (AvgIpc) is 2.62. The molecule has 0 saturated heterocycles. The standard InChI is InChI=1S/C20H12F3I3O2/c1-11-8-14(28-19-10-15(24)18(27)9-16(19)25)6-7-17(11)26-13-4-2-12(3-5-13)20(21,22)23/h2-10H,1H3/p+1. The Bertz CT molecular complexity index is 1000. The van der Waals surface area contributed by atoms with Gasteiger partial charge in [-0.2, -0.15) is 13.2 Å². The topological polar surface area (TPSA) is 29.5 Å². The molecule has 3 aromatic rings. The predicted octanol–water partition coefficient (Wildman–Crippen LogP) is 3.85. The molecule has 0 radical (unpaired) electrons. The van der Waals surface area contributed by atoms with Crippen LogP contribution in [0.3, 0.4) is 0 Å². The summed E-state index contributed by atoms with van der Waals surface area (Å²) in [5, 5.41) is 9.75. The summed E-state index contributed by atoms with van der Waals surface area (Å²) < 4.78 is 47.6. The molecule has 0 aliphatic carbocycles. The summed E-state index contributed by atoms with van der Waals surface area (Å²) in [6.07, 6.45) is -4.31. The maximum absolute atomic E-state index is 12.7. The van der Waals surface area contributed by atoms with Crippen molar-refractivity contribution in [2.24, 2.45) is 0 Å². The maximum atomic E-state index is 12.7. The summed E-state index contributed by atoms with van der Waals surface area (Å²) >= 11 is 3.56. The van der Waals surface area contributed by atoms with E-state index < -0.39 is 32.9 Å². The molecule has 3 rings (SSSR count). The van der Waals surface area contributed by atoms with Crippen LogP contribution in [0.2, 0.25) is 0 Å². The molecule has 0 aliphatic heterocycles. The third kappa shape index (κ3) is 5.43. The molecule has 3 aromatic carbocycles. The van der Waals surface area contributed by atoms with Gasteiger partial charge in [-0.15, -0.1) is 0 Å². The zero-order valence-corrected chi connectivity index (χ0v) is 20.8. The van der Waals surface area contributed by atoms with Crippen LogP contribution in [0.25, 0.3) is 0 Å². The van der Waals surface area contributed by atoms with Crippen LogP contribution in [-0.2, 0) is 6.18 Å². The number of aromatic hydroxyl groups is 1. The summed E-state index contributed by atoms with van der Waals surface area (Å²) in [7, 11) is 0. The minimum atomic E-state index is -4.31. The number of hydrogen-bond donors (Lipinski definition) is 1. The van der Waals surface area contributed by atoms with E-state index >= 15 is 0 Å². The summed E-state index contributed by atoms with van der Waals surface area (Å²) in [6, 6.07) is 14.6. The first-order valence-electron chi connectivity index (χ1n) is 7.92. The average molecular weight is 723 g/mol. The molecule has 0 unspecified atom stereocenters. The third-order valence-corrected chi connectivity index (χ3v) is 8.58. The molecule has 8 heteroatoms. The van der Waals surface area contributed by atoms with Crippen molar-refractivity contribution in [3.8, 4) is 17.2 Å². The molecule has 2 nitrogen and oxygen atoms in total. The lowest BCUT2D eigenvalue weighted by molar-refractivity contribution is -0.598. The minimum absolute atomic E-state index is 0.213. The summed E-state index contributed by atoms with van der Waals surface area (Å²) in [6.45, 7) is 1.97. The van der Waals surface area contributed by atoms with E-state index in [1.807, 2.05) is 47.7 Å². The number of aryl methyl sites for hydroxylation is 1. The van der Waals surface area contributed by atoms with E-state index in [4.69, 9.17) is 4.74 Å². The SMILES string of the molecule is Cc1cc(Oc2cc(I)c(O)cc2I)ccc1[I+]c1ccc(C(F)(F)F)cc1.